The number of hydrogen-bond acceptors (Lipinski definition) is 4. The van der Waals surface area contributed by atoms with Gasteiger partial charge in [0.2, 0.25) is 0 Å². The fourth-order valence-electron chi connectivity index (χ4n) is 2.76. The second kappa shape index (κ2) is 7.74. The van der Waals surface area contributed by atoms with Crippen molar-refractivity contribution >= 4 is 5.91 Å². The maximum absolute atomic E-state index is 12.3. The monoisotopic (exact) mass is 346 g/mol. The van der Waals surface area contributed by atoms with Crippen LogP contribution in [0.25, 0.3) is 0 Å². The van der Waals surface area contributed by atoms with Crippen LogP contribution in [-0.2, 0) is 4.79 Å². The number of hydrogen-bond donors (Lipinski definition) is 2. The van der Waals surface area contributed by atoms with Gasteiger partial charge in [-0.15, -0.1) is 0 Å². The van der Waals surface area contributed by atoms with E-state index in [2.05, 4.69) is 5.32 Å². The van der Waals surface area contributed by atoms with E-state index in [1.165, 1.54) is 18.2 Å². The summed E-state index contributed by atoms with van der Waals surface area (Å²) in [6.07, 6.45) is -0.791. The molecule has 0 aliphatic heterocycles. The van der Waals surface area contributed by atoms with Gasteiger partial charge in [0, 0.05) is 6.54 Å². The van der Waals surface area contributed by atoms with Crippen LogP contribution in [0.4, 0.5) is 13.2 Å². The lowest BCUT2D eigenvalue weighted by Gasteiger charge is -2.28. The van der Waals surface area contributed by atoms with Crippen LogP contribution in [0.15, 0.2) is 24.3 Å². The van der Waals surface area contributed by atoms with Gasteiger partial charge in [-0.3, -0.25) is 4.79 Å². The largest absolute Gasteiger partial charge is 0.480 e. The first-order valence-electron chi connectivity index (χ1n) is 7.76. The first kappa shape index (κ1) is 18.4. The van der Waals surface area contributed by atoms with Gasteiger partial charge >= 0.3 is 6.18 Å². The van der Waals surface area contributed by atoms with Crippen molar-refractivity contribution in [1.82, 2.24) is 5.32 Å². The summed E-state index contributed by atoms with van der Waals surface area (Å²) >= 11 is 0. The summed E-state index contributed by atoms with van der Waals surface area (Å²) in [5.41, 5.74) is 5.35. The third-order valence-electron chi connectivity index (χ3n) is 3.96. The molecule has 0 bridgehead atoms. The lowest BCUT2D eigenvalue weighted by molar-refractivity contribution is -0.153. The molecule has 0 atom stereocenters. The normalized spacial score (nSPS) is 16.7. The molecule has 0 aromatic heterocycles. The number of nitrogens with two attached hydrogens (primary N) is 1. The number of rotatable bonds is 7. The first-order chi connectivity index (χ1) is 11.3. The van der Waals surface area contributed by atoms with Gasteiger partial charge < -0.3 is 20.5 Å². The maximum Gasteiger partial charge on any atom is 0.422 e. The molecule has 1 aliphatic carbocycles. The highest BCUT2D eigenvalue weighted by molar-refractivity contribution is 5.78. The van der Waals surface area contributed by atoms with Crippen LogP contribution in [0.1, 0.15) is 25.7 Å². The Morgan fingerprint density at radius 2 is 1.75 bits per heavy atom. The number of carbonyl (C=O) groups excluding carboxylic acids is 1. The second-order valence-electron chi connectivity index (χ2n) is 5.88. The Labute approximate surface area is 138 Å². The molecule has 1 fully saturated rings. The summed E-state index contributed by atoms with van der Waals surface area (Å²) in [6.45, 7) is -1.38. The molecule has 2 rings (SSSR count). The van der Waals surface area contributed by atoms with Gasteiger partial charge in [-0.1, -0.05) is 25.0 Å². The van der Waals surface area contributed by atoms with Gasteiger partial charge in [-0.05, 0) is 25.0 Å². The van der Waals surface area contributed by atoms with Crippen molar-refractivity contribution in [3.8, 4) is 11.5 Å². The van der Waals surface area contributed by atoms with Crippen LogP contribution < -0.4 is 20.5 Å². The van der Waals surface area contributed by atoms with E-state index >= 15 is 0 Å². The van der Waals surface area contributed by atoms with Gasteiger partial charge in [0.05, 0.1) is 5.54 Å². The lowest BCUT2D eigenvalue weighted by atomic mass is 9.98. The Bertz CT molecular complexity index is 558. The predicted octanol–water partition coefficient (Wildman–Crippen LogP) is 2.39. The zero-order chi connectivity index (χ0) is 17.6. The fraction of sp³-hybridized carbons (Fsp3) is 0.562. The SMILES string of the molecule is NCC1(NC(=O)COc2ccccc2OCC(F)(F)F)CCCC1. The van der Waals surface area contributed by atoms with Crippen molar-refractivity contribution in [2.45, 2.75) is 37.4 Å². The highest BCUT2D eigenvalue weighted by atomic mass is 19.4. The summed E-state index contributed by atoms with van der Waals surface area (Å²) in [4.78, 5) is 12.1. The minimum absolute atomic E-state index is 0.0583. The first-order valence-corrected chi connectivity index (χ1v) is 7.76. The average molecular weight is 346 g/mol. The number of carbonyl (C=O) groups is 1. The van der Waals surface area contributed by atoms with Crippen LogP contribution in [0.5, 0.6) is 11.5 Å². The van der Waals surface area contributed by atoms with Gasteiger partial charge in [-0.25, -0.2) is 0 Å². The van der Waals surface area contributed by atoms with Crippen molar-refractivity contribution in [2.24, 2.45) is 5.73 Å². The highest BCUT2D eigenvalue weighted by Crippen LogP contribution is 2.30. The molecule has 0 saturated heterocycles. The van der Waals surface area contributed by atoms with E-state index in [-0.39, 0.29) is 24.0 Å². The molecule has 0 spiro atoms. The predicted molar refractivity (Wildman–Crippen MR) is 81.9 cm³/mol. The molecule has 0 radical (unpaired) electrons. The molecule has 5 nitrogen and oxygen atoms in total. The van der Waals surface area contributed by atoms with Crippen LogP contribution in [0.2, 0.25) is 0 Å². The van der Waals surface area contributed by atoms with Crippen LogP contribution in [0, 0.1) is 0 Å². The van der Waals surface area contributed by atoms with Crippen molar-refractivity contribution in [2.75, 3.05) is 19.8 Å². The summed E-state index contributed by atoms with van der Waals surface area (Å²) in [6, 6.07) is 5.93. The Morgan fingerprint density at radius 3 is 2.29 bits per heavy atom. The van der Waals surface area contributed by atoms with E-state index in [1.807, 2.05) is 0 Å². The molecule has 1 aliphatic rings. The average Bonchev–Trinajstić information content (AvgIpc) is 3.00. The third-order valence-corrected chi connectivity index (χ3v) is 3.96. The van der Waals surface area contributed by atoms with Crippen molar-refractivity contribution in [3.05, 3.63) is 24.3 Å². The zero-order valence-corrected chi connectivity index (χ0v) is 13.2. The maximum atomic E-state index is 12.3. The number of para-hydroxylation sites is 2. The topological polar surface area (TPSA) is 73.6 Å². The summed E-state index contributed by atoms with van der Waals surface area (Å²) in [5.74, 6) is -0.324. The second-order valence-corrected chi connectivity index (χ2v) is 5.88. The fourth-order valence-corrected chi connectivity index (χ4v) is 2.76. The van der Waals surface area contributed by atoms with Gasteiger partial charge in [0.1, 0.15) is 0 Å². The number of benzene rings is 1. The van der Waals surface area contributed by atoms with E-state index in [4.69, 9.17) is 15.2 Å². The molecule has 134 valence electrons. The van der Waals surface area contributed by atoms with Gasteiger partial charge in [-0.2, -0.15) is 13.2 Å². The van der Waals surface area contributed by atoms with Crippen LogP contribution in [0.3, 0.4) is 0 Å². The van der Waals surface area contributed by atoms with Gasteiger partial charge in [0.15, 0.2) is 24.7 Å². The number of amides is 1. The number of ether oxygens (including phenoxy) is 2. The molecule has 1 aromatic carbocycles. The number of alkyl halides is 3. The molecule has 0 unspecified atom stereocenters. The third kappa shape index (κ3) is 5.30. The molecule has 3 N–H and O–H groups in total. The van der Waals surface area contributed by atoms with E-state index in [1.54, 1.807) is 6.07 Å². The quantitative estimate of drug-likeness (QED) is 0.795. The molecule has 1 aromatic rings. The standard InChI is InChI=1S/C16H21F3N2O3/c17-16(18,19)11-24-13-6-2-1-5-12(13)23-9-14(22)21-15(10-20)7-3-4-8-15/h1-2,5-6H,3-4,7-11,20H2,(H,21,22). The molecule has 1 saturated carbocycles. The number of nitrogens with one attached hydrogen (secondary N) is 1. The Balaban J connectivity index is 1.90. The zero-order valence-electron chi connectivity index (χ0n) is 13.2. The Hall–Kier alpha value is -1.96. The van der Waals surface area contributed by atoms with Crippen molar-refractivity contribution < 1.29 is 27.4 Å². The van der Waals surface area contributed by atoms with E-state index in [9.17, 15) is 18.0 Å². The summed E-state index contributed by atoms with van der Waals surface area (Å²) in [5, 5.41) is 2.88. The molecular formula is C16H21F3N2O3. The van der Waals surface area contributed by atoms with E-state index in [0.29, 0.717) is 6.54 Å². The molecule has 24 heavy (non-hydrogen) atoms. The summed E-state index contributed by atoms with van der Waals surface area (Å²) in [7, 11) is 0. The highest BCUT2D eigenvalue weighted by Gasteiger charge is 2.34. The minimum atomic E-state index is -4.44. The molecule has 8 heteroatoms. The smallest absolute Gasteiger partial charge is 0.422 e. The Morgan fingerprint density at radius 1 is 1.17 bits per heavy atom. The van der Waals surface area contributed by atoms with Crippen molar-refractivity contribution in [3.63, 3.8) is 0 Å². The van der Waals surface area contributed by atoms with Gasteiger partial charge in [0.25, 0.3) is 5.91 Å². The minimum Gasteiger partial charge on any atom is -0.480 e. The van der Waals surface area contributed by atoms with Crippen LogP contribution >= 0.6 is 0 Å². The summed E-state index contributed by atoms with van der Waals surface area (Å²) < 4.78 is 46.8. The van der Waals surface area contributed by atoms with E-state index in [0.717, 1.165) is 25.7 Å². The van der Waals surface area contributed by atoms with E-state index < -0.39 is 18.3 Å². The van der Waals surface area contributed by atoms with Crippen LogP contribution in [-0.4, -0.2) is 37.4 Å². The Kier molecular flexibility index (Phi) is 5.93. The molecule has 1 amide bonds. The van der Waals surface area contributed by atoms with Crippen molar-refractivity contribution in [1.29, 1.82) is 0 Å². The molecular weight excluding hydrogens is 325 g/mol. The lowest BCUT2D eigenvalue weighted by Crippen LogP contribution is -2.52. The molecule has 0 heterocycles. The number of halogens is 3.